The first kappa shape index (κ1) is 15.2. The lowest BCUT2D eigenvalue weighted by atomic mass is 9.89. The Kier molecular flexibility index (Phi) is 6.96. The van der Waals surface area contributed by atoms with Gasteiger partial charge in [0, 0.05) is 18.4 Å². The molecule has 0 aliphatic carbocycles. The van der Waals surface area contributed by atoms with E-state index in [9.17, 15) is 0 Å². The van der Waals surface area contributed by atoms with E-state index < -0.39 is 0 Å². The molecule has 1 heterocycles. The molecular weight excluding hydrogens is 220 g/mol. The summed E-state index contributed by atoms with van der Waals surface area (Å²) in [6.45, 7) is 10.3. The number of pyridine rings is 1. The second-order valence-corrected chi connectivity index (χ2v) is 5.60. The lowest BCUT2D eigenvalue weighted by molar-refractivity contribution is 0.388. The highest BCUT2D eigenvalue weighted by molar-refractivity contribution is 5.17. The molecule has 1 N–H and O–H groups in total. The van der Waals surface area contributed by atoms with Gasteiger partial charge in [-0.25, -0.2) is 0 Å². The third-order valence-corrected chi connectivity index (χ3v) is 3.55. The van der Waals surface area contributed by atoms with E-state index >= 15 is 0 Å². The molecule has 1 aromatic rings. The minimum Gasteiger partial charge on any atom is -0.313 e. The standard InChI is InChI=1S/C16H28N2/c1-5-10-18-16(7-6-13(2)3)14(4)15-8-11-17-12-9-15/h8-9,11-14,16,18H,5-7,10H2,1-4H3. The second kappa shape index (κ2) is 8.25. The molecule has 0 spiro atoms. The molecule has 102 valence electrons. The third kappa shape index (κ3) is 5.18. The molecular formula is C16H28N2. The molecule has 2 nitrogen and oxygen atoms in total. The minimum atomic E-state index is 0.554. The summed E-state index contributed by atoms with van der Waals surface area (Å²) in [6, 6.07) is 4.86. The molecule has 0 fully saturated rings. The van der Waals surface area contributed by atoms with Gasteiger partial charge in [0.25, 0.3) is 0 Å². The maximum absolute atomic E-state index is 4.10. The number of aromatic nitrogens is 1. The molecule has 0 saturated carbocycles. The number of rotatable bonds is 8. The highest BCUT2D eigenvalue weighted by atomic mass is 14.9. The van der Waals surface area contributed by atoms with Crippen LogP contribution in [0.15, 0.2) is 24.5 Å². The Labute approximate surface area is 112 Å². The van der Waals surface area contributed by atoms with Crippen LogP contribution in [0.25, 0.3) is 0 Å². The fourth-order valence-electron chi connectivity index (χ4n) is 2.27. The monoisotopic (exact) mass is 248 g/mol. The van der Waals surface area contributed by atoms with Crippen molar-refractivity contribution in [2.75, 3.05) is 6.54 Å². The molecule has 1 aromatic heterocycles. The predicted octanol–water partition coefficient (Wildman–Crippen LogP) is 3.99. The van der Waals surface area contributed by atoms with Crippen LogP contribution in [-0.4, -0.2) is 17.6 Å². The molecule has 0 radical (unpaired) electrons. The molecule has 0 aliphatic heterocycles. The van der Waals surface area contributed by atoms with Crippen molar-refractivity contribution < 1.29 is 0 Å². The summed E-state index contributed by atoms with van der Waals surface area (Å²) in [4.78, 5) is 4.10. The van der Waals surface area contributed by atoms with Crippen molar-refractivity contribution in [3.05, 3.63) is 30.1 Å². The van der Waals surface area contributed by atoms with Crippen molar-refractivity contribution in [3.8, 4) is 0 Å². The minimum absolute atomic E-state index is 0.554. The van der Waals surface area contributed by atoms with Crippen LogP contribution in [0.4, 0.5) is 0 Å². The normalized spacial score (nSPS) is 14.7. The first-order valence-electron chi connectivity index (χ1n) is 7.28. The lowest BCUT2D eigenvalue weighted by Crippen LogP contribution is -2.34. The zero-order chi connectivity index (χ0) is 13.4. The van der Waals surface area contributed by atoms with Crippen LogP contribution in [0.1, 0.15) is 58.4 Å². The van der Waals surface area contributed by atoms with Gasteiger partial charge in [-0.15, -0.1) is 0 Å². The van der Waals surface area contributed by atoms with Crippen molar-refractivity contribution in [2.24, 2.45) is 5.92 Å². The Morgan fingerprint density at radius 3 is 2.33 bits per heavy atom. The van der Waals surface area contributed by atoms with Gasteiger partial charge >= 0.3 is 0 Å². The molecule has 2 atom stereocenters. The van der Waals surface area contributed by atoms with Crippen LogP contribution in [-0.2, 0) is 0 Å². The van der Waals surface area contributed by atoms with Gasteiger partial charge in [-0.05, 0) is 55.3 Å². The smallest absolute Gasteiger partial charge is 0.0270 e. The van der Waals surface area contributed by atoms with Crippen LogP contribution >= 0.6 is 0 Å². The maximum atomic E-state index is 4.10. The summed E-state index contributed by atoms with van der Waals surface area (Å²) >= 11 is 0. The molecule has 18 heavy (non-hydrogen) atoms. The topological polar surface area (TPSA) is 24.9 Å². The zero-order valence-electron chi connectivity index (χ0n) is 12.3. The predicted molar refractivity (Wildman–Crippen MR) is 78.8 cm³/mol. The lowest BCUT2D eigenvalue weighted by Gasteiger charge is -2.26. The van der Waals surface area contributed by atoms with Gasteiger partial charge in [-0.3, -0.25) is 4.98 Å². The van der Waals surface area contributed by atoms with E-state index in [-0.39, 0.29) is 0 Å². The third-order valence-electron chi connectivity index (χ3n) is 3.55. The number of nitrogens with one attached hydrogen (secondary N) is 1. The largest absolute Gasteiger partial charge is 0.313 e. The summed E-state index contributed by atoms with van der Waals surface area (Å²) in [5.41, 5.74) is 1.39. The SMILES string of the molecule is CCCNC(CCC(C)C)C(C)c1ccncc1. The van der Waals surface area contributed by atoms with Crippen molar-refractivity contribution in [2.45, 2.75) is 58.9 Å². The summed E-state index contributed by atoms with van der Waals surface area (Å²) in [5, 5.41) is 3.70. The Hall–Kier alpha value is -0.890. The Morgan fingerprint density at radius 1 is 1.11 bits per heavy atom. The van der Waals surface area contributed by atoms with Crippen molar-refractivity contribution in [1.82, 2.24) is 10.3 Å². The van der Waals surface area contributed by atoms with Gasteiger partial charge < -0.3 is 5.32 Å². The first-order valence-corrected chi connectivity index (χ1v) is 7.28. The van der Waals surface area contributed by atoms with E-state index in [2.05, 4.69) is 50.1 Å². The van der Waals surface area contributed by atoms with Crippen LogP contribution < -0.4 is 5.32 Å². The van der Waals surface area contributed by atoms with Gasteiger partial charge in [-0.2, -0.15) is 0 Å². The van der Waals surface area contributed by atoms with E-state index in [1.807, 2.05) is 12.4 Å². The number of hydrogen-bond donors (Lipinski definition) is 1. The molecule has 0 amide bonds. The number of hydrogen-bond acceptors (Lipinski definition) is 2. The Balaban J connectivity index is 2.62. The fraction of sp³-hybridized carbons (Fsp3) is 0.688. The van der Waals surface area contributed by atoms with Gasteiger partial charge in [0.1, 0.15) is 0 Å². The van der Waals surface area contributed by atoms with Crippen LogP contribution in [0.5, 0.6) is 0 Å². The quantitative estimate of drug-likeness (QED) is 0.752. The van der Waals surface area contributed by atoms with E-state index in [1.54, 1.807) is 0 Å². The molecule has 1 rings (SSSR count). The van der Waals surface area contributed by atoms with Gasteiger partial charge in [0.15, 0.2) is 0 Å². The molecule has 2 heteroatoms. The second-order valence-electron chi connectivity index (χ2n) is 5.60. The average molecular weight is 248 g/mol. The van der Waals surface area contributed by atoms with Gasteiger partial charge in [-0.1, -0.05) is 27.7 Å². The molecule has 0 aromatic carbocycles. The Bertz CT molecular complexity index is 308. The summed E-state index contributed by atoms with van der Waals surface area (Å²) in [6.07, 6.45) is 7.52. The highest BCUT2D eigenvalue weighted by Gasteiger charge is 2.18. The van der Waals surface area contributed by atoms with Crippen LogP contribution in [0, 0.1) is 5.92 Å². The molecule has 0 bridgehead atoms. The highest BCUT2D eigenvalue weighted by Crippen LogP contribution is 2.23. The molecule has 2 unspecified atom stereocenters. The molecule has 0 aliphatic rings. The summed E-state index contributed by atoms with van der Waals surface area (Å²) in [7, 11) is 0. The maximum Gasteiger partial charge on any atom is 0.0270 e. The summed E-state index contributed by atoms with van der Waals surface area (Å²) in [5.74, 6) is 1.33. The van der Waals surface area contributed by atoms with Crippen molar-refractivity contribution in [3.63, 3.8) is 0 Å². The first-order chi connectivity index (χ1) is 8.65. The van der Waals surface area contributed by atoms with Crippen LogP contribution in [0.3, 0.4) is 0 Å². The van der Waals surface area contributed by atoms with E-state index in [0.29, 0.717) is 12.0 Å². The fourth-order valence-corrected chi connectivity index (χ4v) is 2.27. The number of nitrogens with zero attached hydrogens (tertiary/aromatic N) is 1. The van der Waals surface area contributed by atoms with Crippen LogP contribution in [0.2, 0.25) is 0 Å². The van der Waals surface area contributed by atoms with Crippen molar-refractivity contribution >= 4 is 0 Å². The molecule has 0 saturated heterocycles. The van der Waals surface area contributed by atoms with Gasteiger partial charge in [0.2, 0.25) is 0 Å². The van der Waals surface area contributed by atoms with E-state index in [1.165, 1.54) is 24.8 Å². The zero-order valence-corrected chi connectivity index (χ0v) is 12.3. The van der Waals surface area contributed by atoms with Gasteiger partial charge in [0.05, 0.1) is 0 Å². The van der Waals surface area contributed by atoms with E-state index in [4.69, 9.17) is 0 Å². The van der Waals surface area contributed by atoms with Crippen molar-refractivity contribution in [1.29, 1.82) is 0 Å². The summed E-state index contributed by atoms with van der Waals surface area (Å²) < 4.78 is 0. The van der Waals surface area contributed by atoms with E-state index in [0.717, 1.165) is 12.5 Å². The average Bonchev–Trinajstić information content (AvgIpc) is 2.39. The Morgan fingerprint density at radius 2 is 1.78 bits per heavy atom.